The maximum Gasteiger partial charge on any atom is 0.226 e. The van der Waals surface area contributed by atoms with Crippen LogP contribution in [0.3, 0.4) is 0 Å². The molecule has 10 aromatic carbocycles. The second-order valence-corrected chi connectivity index (χ2v) is 23.4. The first kappa shape index (κ1) is 64.4. The maximum absolute atomic E-state index is 6.16. The molecule has 7 heterocycles. The third-order valence-corrected chi connectivity index (χ3v) is 16.4. The van der Waals surface area contributed by atoms with Crippen molar-refractivity contribution in [1.82, 2.24) is 60.0 Å². The molecule has 0 spiro atoms. The van der Waals surface area contributed by atoms with Crippen molar-refractivity contribution in [2.75, 3.05) is 0 Å². The van der Waals surface area contributed by atoms with Crippen LogP contribution >= 0.6 is 58.0 Å². The Balaban J connectivity index is 0.000000110. The third-order valence-electron chi connectivity index (χ3n) is 15.3. The number of halogens is 5. The number of aromatic nitrogens is 12. The molecular weight excluding hydrogens is 1310 g/mol. The van der Waals surface area contributed by atoms with Gasteiger partial charge >= 0.3 is 0 Å². The van der Waals surface area contributed by atoms with E-state index in [1.807, 2.05) is 218 Å². The molecule has 0 atom stereocenters. The molecule has 0 amide bonds. The first-order chi connectivity index (χ1) is 47.6. The van der Waals surface area contributed by atoms with E-state index < -0.39 is 0 Å². The summed E-state index contributed by atoms with van der Waals surface area (Å²) < 4.78 is 0. The Morgan fingerprint density at radius 2 is 0.835 bits per heavy atom. The Bertz CT molecular complexity index is 5480. The van der Waals surface area contributed by atoms with Crippen LogP contribution in [-0.2, 0) is 0 Å². The van der Waals surface area contributed by atoms with Gasteiger partial charge in [0.1, 0.15) is 10.8 Å². The van der Waals surface area contributed by atoms with E-state index in [-0.39, 0.29) is 10.6 Å². The molecule has 0 N–H and O–H groups in total. The van der Waals surface area contributed by atoms with Crippen molar-refractivity contribution in [3.05, 3.63) is 336 Å². The van der Waals surface area contributed by atoms with Crippen LogP contribution in [0, 0.1) is 0 Å². The fourth-order valence-corrected chi connectivity index (χ4v) is 11.7. The summed E-state index contributed by atoms with van der Waals surface area (Å²) in [7, 11) is 0. The summed E-state index contributed by atoms with van der Waals surface area (Å²) in [5, 5.41) is 16.9. The number of para-hydroxylation sites is 2. The molecular formula is C80H51Cl5N12. The Morgan fingerprint density at radius 1 is 0.268 bits per heavy atom. The van der Waals surface area contributed by atoms with Gasteiger partial charge in [-0.05, 0) is 122 Å². The first-order valence-electron chi connectivity index (χ1n) is 30.4. The van der Waals surface area contributed by atoms with E-state index in [0.29, 0.717) is 27.1 Å². The first-order valence-corrected chi connectivity index (χ1v) is 32.3. The SMILES string of the molecule is Clc1cc(-c2ccncc2)cc(-c2cccnc2)n1.Clc1nc(-c2ccccc2)c2ccc3ccccc3c2n1.Clc1nc(-c2ccccc2)nc(-c2cccc3ccccc23)n1.Clc1nc2ccccc2nc1-c1ccccc1.Clc1nncc2ccc(-c3ccccc3)cc12. The van der Waals surface area contributed by atoms with Crippen LogP contribution in [0.15, 0.2) is 310 Å². The number of benzene rings is 10. The van der Waals surface area contributed by atoms with Crippen LogP contribution in [0.25, 0.3) is 133 Å². The van der Waals surface area contributed by atoms with Crippen molar-refractivity contribution in [3.63, 3.8) is 0 Å². The van der Waals surface area contributed by atoms with E-state index in [4.69, 9.17) is 58.0 Å². The minimum absolute atomic E-state index is 0.196. The van der Waals surface area contributed by atoms with E-state index in [1.54, 1.807) is 31.0 Å². The molecule has 0 aliphatic heterocycles. The molecule has 0 aliphatic rings. The average molecular weight is 1360 g/mol. The molecule has 0 aliphatic carbocycles. The highest BCUT2D eigenvalue weighted by Gasteiger charge is 2.15. The molecule has 12 nitrogen and oxygen atoms in total. The number of rotatable bonds is 7. The smallest absolute Gasteiger partial charge is 0.226 e. The Morgan fingerprint density at radius 3 is 1.54 bits per heavy atom. The van der Waals surface area contributed by atoms with Crippen LogP contribution in [-0.4, -0.2) is 60.0 Å². The third kappa shape index (κ3) is 15.7. The molecule has 0 bridgehead atoms. The maximum atomic E-state index is 6.16. The minimum Gasteiger partial charge on any atom is -0.265 e. The molecule has 0 saturated carbocycles. The van der Waals surface area contributed by atoms with Gasteiger partial charge in [-0.3, -0.25) is 9.97 Å². The lowest BCUT2D eigenvalue weighted by molar-refractivity contribution is 1.05. The summed E-state index contributed by atoms with van der Waals surface area (Å²) in [6.45, 7) is 0. The second kappa shape index (κ2) is 30.8. The van der Waals surface area contributed by atoms with E-state index in [1.165, 1.54) is 5.56 Å². The average Bonchev–Trinajstić information content (AvgIpc) is 0.799. The van der Waals surface area contributed by atoms with Gasteiger partial charge in [0, 0.05) is 74.1 Å². The normalized spacial score (nSPS) is 10.7. The number of pyridine rings is 3. The number of fused-ring (bicyclic) bond motifs is 6. The highest BCUT2D eigenvalue weighted by Crippen LogP contribution is 2.34. The molecule has 0 saturated heterocycles. The van der Waals surface area contributed by atoms with E-state index in [0.717, 1.165) is 116 Å². The van der Waals surface area contributed by atoms with Crippen molar-refractivity contribution in [3.8, 4) is 78.8 Å². The number of hydrogen-bond acceptors (Lipinski definition) is 12. The predicted octanol–water partition coefficient (Wildman–Crippen LogP) is 21.9. The minimum atomic E-state index is 0.196. The number of hydrogen-bond donors (Lipinski definition) is 0. The standard InChI is InChI=1S/C19H12ClN3.C18H11ClN2.C15H10ClN3.2C14H9ClN2/c20-19-22-17(14-8-2-1-3-9-14)21-18(23-19)16-12-6-10-13-7-4-5-11-15(13)16;19-18-20-16(13-7-2-1-3-8-13)15-11-10-12-6-4-5-9-14(12)17(15)21-18;16-15-9-13(11-3-6-17-7-4-11)8-14(19-15)12-2-1-5-18-10-12;15-14-13(10-6-2-1-3-7-10)16-11-8-4-5-9-12(11)17-14;15-14-13-8-11(10-4-2-1-3-5-10)6-7-12(13)9-16-17-14/h1-12H;1-11H;1-10H;2*1-9H. The molecule has 466 valence electrons. The van der Waals surface area contributed by atoms with Gasteiger partial charge in [-0.1, -0.05) is 253 Å². The van der Waals surface area contributed by atoms with E-state index in [2.05, 4.69) is 121 Å². The lowest BCUT2D eigenvalue weighted by Crippen LogP contribution is -1.97. The molecule has 7 aromatic heterocycles. The lowest BCUT2D eigenvalue weighted by atomic mass is 10.0. The van der Waals surface area contributed by atoms with Gasteiger partial charge in [-0.2, -0.15) is 15.1 Å². The summed E-state index contributed by atoms with van der Waals surface area (Å²) in [5.41, 5.74) is 14.2. The lowest BCUT2D eigenvalue weighted by Gasteiger charge is -2.08. The number of nitrogens with zero attached hydrogens (tertiary/aromatic N) is 12. The summed E-state index contributed by atoms with van der Waals surface area (Å²) in [6, 6.07) is 91.8. The van der Waals surface area contributed by atoms with Crippen LogP contribution in [0.1, 0.15) is 0 Å². The van der Waals surface area contributed by atoms with Crippen LogP contribution in [0.2, 0.25) is 26.0 Å². The van der Waals surface area contributed by atoms with E-state index >= 15 is 0 Å². The molecule has 97 heavy (non-hydrogen) atoms. The molecule has 0 fully saturated rings. The van der Waals surface area contributed by atoms with Gasteiger partial charge in [0.15, 0.2) is 22.0 Å². The monoisotopic (exact) mass is 1350 g/mol. The van der Waals surface area contributed by atoms with Crippen molar-refractivity contribution in [2.45, 2.75) is 0 Å². The zero-order chi connectivity index (χ0) is 66.3. The van der Waals surface area contributed by atoms with Gasteiger partial charge in [0.2, 0.25) is 10.6 Å². The van der Waals surface area contributed by atoms with Crippen LogP contribution in [0.5, 0.6) is 0 Å². The highest BCUT2D eigenvalue weighted by molar-refractivity contribution is 6.34. The predicted molar refractivity (Wildman–Crippen MR) is 396 cm³/mol. The molecule has 17 rings (SSSR count). The van der Waals surface area contributed by atoms with Crippen molar-refractivity contribution >= 4 is 112 Å². The fourth-order valence-electron chi connectivity index (χ4n) is 10.7. The Hall–Kier alpha value is -11.4. The Labute approximate surface area is 583 Å². The quantitative estimate of drug-likeness (QED) is 0.0847. The van der Waals surface area contributed by atoms with Crippen molar-refractivity contribution < 1.29 is 0 Å². The highest BCUT2D eigenvalue weighted by atomic mass is 35.5. The van der Waals surface area contributed by atoms with Gasteiger partial charge in [-0.15, -0.1) is 5.10 Å². The molecule has 0 radical (unpaired) electrons. The van der Waals surface area contributed by atoms with Crippen LogP contribution < -0.4 is 0 Å². The van der Waals surface area contributed by atoms with Crippen molar-refractivity contribution in [2.24, 2.45) is 0 Å². The van der Waals surface area contributed by atoms with Gasteiger partial charge in [0.25, 0.3) is 0 Å². The van der Waals surface area contributed by atoms with Crippen LogP contribution in [0.4, 0.5) is 0 Å². The largest absolute Gasteiger partial charge is 0.265 e. The topological polar surface area (TPSA) is 155 Å². The molecule has 17 heteroatoms. The second-order valence-electron chi connectivity index (χ2n) is 21.6. The fraction of sp³-hybridized carbons (Fsp3) is 0. The van der Waals surface area contributed by atoms with Gasteiger partial charge < -0.3 is 0 Å². The molecule has 17 aromatic rings. The zero-order valence-corrected chi connectivity index (χ0v) is 55.0. The Kier molecular flexibility index (Phi) is 20.4. The van der Waals surface area contributed by atoms with E-state index in [9.17, 15) is 0 Å². The molecule has 0 unspecified atom stereocenters. The van der Waals surface area contributed by atoms with Gasteiger partial charge in [-0.25, -0.2) is 29.9 Å². The summed E-state index contributed by atoms with van der Waals surface area (Å²) >= 11 is 30.6. The van der Waals surface area contributed by atoms with Crippen molar-refractivity contribution in [1.29, 1.82) is 0 Å². The zero-order valence-electron chi connectivity index (χ0n) is 51.2. The summed E-state index contributed by atoms with van der Waals surface area (Å²) in [5.74, 6) is 1.16. The summed E-state index contributed by atoms with van der Waals surface area (Å²) in [6.07, 6.45) is 8.74. The summed E-state index contributed by atoms with van der Waals surface area (Å²) in [4.78, 5) is 43.4. The van der Waals surface area contributed by atoms with Gasteiger partial charge in [0.05, 0.1) is 34.1 Å².